The fourth-order valence-electron chi connectivity index (χ4n) is 2.02. The molecule has 0 saturated carbocycles. The smallest absolute Gasteiger partial charge is 0.264 e. The summed E-state index contributed by atoms with van der Waals surface area (Å²) in [7, 11) is -3.66. The largest absolute Gasteiger partial charge is 0.419 e. The first-order valence-corrected chi connectivity index (χ1v) is 9.09. The van der Waals surface area contributed by atoms with Crippen molar-refractivity contribution in [2.75, 3.05) is 0 Å². The second-order valence-corrected chi connectivity index (χ2v) is 7.26. The maximum absolute atomic E-state index is 12.4. The number of H-pyrrole nitrogens is 1. The molecule has 2 aromatic heterocycles. The van der Waals surface area contributed by atoms with E-state index in [0.717, 1.165) is 5.56 Å². The Morgan fingerprint density at radius 3 is 2.67 bits per heavy atom. The number of nitrogens with one attached hydrogen (secondary N) is 2. The Bertz CT molecular complexity index is 932. The molecule has 0 radical (unpaired) electrons. The number of halogens is 1. The first-order valence-electron chi connectivity index (χ1n) is 7.23. The summed E-state index contributed by atoms with van der Waals surface area (Å²) in [4.78, 5) is 2.94. The van der Waals surface area contributed by atoms with Crippen molar-refractivity contribution in [3.8, 4) is 11.6 Å². The summed E-state index contributed by atoms with van der Waals surface area (Å²) in [6.45, 7) is 2.06. The molecule has 24 heavy (non-hydrogen) atoms. The number of hydrogen-bond donors (Lipinski definition) is 2. The lowest BCUT2D eigenvalue weighted by molar-refractivity contribution is 0.511. The number of benzene rings is 1. The second-order valence-electron chi connectivity index (χ2n) is 5.05. The highest BCUT2D eigenvalue weighted by Gasteiger charge is 2.18. The number of nitrogens with zero attached hydrogens (tertiary/aromatic N) is 2. The van der Waals surface area contributed by atoms with Crippen LogP contribution in [-0.2, 0) is 23.0 Å². The topological polar surface area (TPSA) is 101 Å². The molecule has 126 valence electrons. The first kappa shape index (κ1) is 16.7. The van der Waals surface area contributed by atoms with Gasteiger partial charge in [-0.2, -0.15) is 0 Å². The van der Waals surface area contributed by atoms with Crippen LogP contribution in [0.4, 0.5) is 0 Å². The lowest BCUT2D eigenvalue weighted by Crippen LogP contribution is -2.22. The zero-order chi connectivity index (χ0) is 17.2. The SMILES string of the molecule is CCc1nnc(-c2cc(S(=O)(=O)NCc3ccc(Cl)cc3)c[nH]2)o1. The molecule has 0 aliphatic heterocycles. The van der Waals surface area contributed by atoms with Crippen molar-refractivity contribution in [2.24, 2.45) is 0 Å². The maximum Gasteiger partial charge on any atom is 0.264 e. The standard InChI is InChI=1S/C15H15ClN4O3S/c1-2-14-19-20-15(23-14)13-7-12(9-17-13)24(21,22)18-8-10-3-5-11(16)6-4-10/h3-7,9,17-18H,2,8H2,1H3. The summed E-state index contributed by atoms with van der Waals surface area (Å²) in [5.41, 5.74) is 1.26. The molecule has 0 aliphatic rings. The van der Waals surface area contributed by atoms with Gasteiger partial charge in [-0.15, -0.1) is 10.2 Å². The van der Waals surface area contributed by atoms with Gasteiger partial charge in [-0.05, 0) is 23.8 Å². The zero-order valence-electron chi connectivity index (χ0n) is 12.8. The number of sulfonamides is 1. The Hall–Kier alpha value is -2.16. The van der Waals surface area contributed by atoms with Gasteiger partial charge in [-0.25, -0.2) is 13.1 Å². The van der Waals surface area contributed by atoms with E-state index in [1.54, 1.807) is 24.3 Å². The number of hydrogen-bond acceptors (Lipinski definition) is 5. The van der Waals surface area contributed by atoms with Crippen LogP contribution in [0, 0.1) is 0 Å². The molecule has 1 aromatic carbocycles. The minimum Gasteiger partial charge on any atom is -0.419 e. The monoisotopic (exact) mass is 366 g/mol. The van der Waals surface area contributed by atoms with Gasteiger partial charge in [0.25, 0.3) is 5.89 Å². The van der Waals surface area contributed by atoms with Crippen molar-refractivity contribution in [1.29, 1.82) is 0 Å². The van der Waals surface area contributed by atoms with Crippen LogP contribution in [0.5, 0.6) is 0 Å². The van der Waals surface area contributed by atoms with E-state index in [0.29, 0.717) is 23.0 Å². The van der Waals surface area contributed by atoms with Gasteiger partial charge in [0.1, 0.15) is 10.6 Å². The molecule has 0 bridgehead atoms. The molecular formula is C15H15ClN4O3S. The average Bonchev–Trinajstić information content (AvgIpc) is 3.23. The van der Waals surface area contributed by atoms with E-state index in [1.165, 1.54) is 12.3 Å². The van der Waals surface area contributed by atoms with Crippen LogP contribution in [0.1, 0.15) is 18.4 Å². The molecule has 3 aromatic rings. The molecular weight excluding hydrogens is 352 g/mol. The van der Waals surface area contributed by atoms with Crippen LogP contribution < -0.4 is 4.72 Å². The summed E-state index contributed by atoms with van der Waals surface area (Å²) in [6.07, 6.45) is 2.00. The summed E-state index contributed by atoms with van der Waals surface area (Å²) in [6, 6.07) is 8.40. The van der Waals surface area contributed by atoms with Gasteiger partial charge < -0.3 is 9.40 Å². The molecule has 7 nitrogen and oxygen atoms in total. The Morgan fingerprint density at radius 2 is 2.00 bits per heavy atom. The van der Waals surface area contributed by atoms with Crippen LogP contribution in [0.3, 0.4) is 0 Å². The van der Waals surface area contributed by atoms with Crippen LogP contribution in [0.2, 0.25) is 5.02 Å². The molecule has 0 fully saturated rings. The van der Waals surface area contributed by atoms with E-state index in [4.69, 9.17) is 16.0 Å². The van der Waals surface area contributed by atoms with Gasteiger partial charge >= 0.3 is 0 Å². The first-order chi connectivity index (χ1) is 11.5. The minimum atomic E-state index is -3.66. The fourth-order valence-corrected chi connectivity index (χ4v) is 3.16. The van der Waals surface area contributed by atoms with Crippen molar-refractivity contribution in [3.63, 3.8) is 0 Å². The summed E-state index contributed by atoms with van der Waals surface area (Å²) in [5.74, 6) is 0.746. The quantitative estimate of drug-likeness (QED) is 0.698. The third-order valence-corrected chi connectivity index (χ3v) is 4.98. The minimum absolute atomic E-state index is 0.0997. The van der Waals surface area contributed by atoms with Crippen molar-refractivity contribution in [3.05, 3.63) is 53.0 Å². The number of aromatic amines is 1. The summed E-state index contributed by atoms with van der Waals surface area (Å²) < 4.78 is 32.6. The van der Waals surface area contributed by atoms with Crippen LogP contribution in [-0.4, -0.2) is 23.6 Å². The van der Waals surface area contributed by atoms with Crippen LogP contribution in [0.15, 0.2) is 45.8 Å². The average molecular weight is 367 g/mol. The van der Waals surface area contributed by atoms with Crippen molar-refractivity contribution in [2.45, 2.75) is 24.8 Å². The zero-order valence-corrected chi connectivity index (χ0v) is 14.4. The van der Waals surface area contributed by atoms with Crippen molar-refractivity contribution >= 4 is 21.6 Å². The third-order valence-electron chi connectivity index (χ3n) is 3.35. The molecule has 0 atom stereocenters. The van der Waals surface area contributed by atoms with E-state index in [2.05, 4.69) is 19.9 Å². The van der Waals surface area contributed by atoms with Crippen LogP contribution >= 0.6 is 11.6 Å². The van der Waals surface area contributed by atoms with E-state index < -0.39 is 10.0 Å². The Balaban J connectivity index is 1.74. The number of rotatable bonds is 6. The molecule has 3 rings (SSSR count). The second kappa shape index (κ2) is 6.76. The van der Waals surface area contributed by atoms with Crippen molar-refractivity contribution < 1.29 is 12.8 Å². The van der Waals surface area contributed by atoms with Gasteiger partial charge in [0, 0.05) is 24.2 Å². The lowest BCUT2D eigenvalue weighted by atomic mass is 10.2. The lowest BCUT2D eigenvalue weighted by Gasteiger charge is -2.05. The predicted octanol–water partition coefficient (Wildman–Crippen LogP) is 2.76. The van der Waals surface area contributed by atoms with Gasteiger partial charge in [0.15, 0.2) is 0 Å². The van der Waals surface area contributed by atoms with Gasteiger partial charge in [0.05, 0.1) is 0 Å². The molecule has 0 aliphatic carbocycles. The highest BCUT2D eigenvalue weighted by Crippen LogP contribution is 2.20. The molecule has 0 unspecified atom stereocenters. The highest BCUT2D eigenvalue weighted by molar-refractivity contribution is 7.89. The summed E-state index contributed by atoms with van der Waals surface area (Å²) >= 11 is 5.81. The predicted molar refractivity (Wildman–Crippen MR) is 88.9 cm³/mol. The van der Waals surface area contributed by atoms with E-state index in [-0.39, 0.29) is 17.3 Å². The highest BCUT2D eigenvalue weighted by atomic mass is 35.5. The van der Waals surface area contributed by atoms with Gasteiger partial charge in [-0.3, -0.25) is 0 Å². The third kappa shape index (κ3) is 3.66. The molecule has 0 saturated heterocycles. The van der Waals surface area contributed by atoms with Crippen LogP contribution in [0.25, 0.3) is 11.6 Å². The molecule has 0 amide bonds. The maximum atomic E-state index is 12.4. The van der Waals surface area contributed by atoms with E-state index >= 15 is 0 Å². The molecule has 0 spiro atoms. The Morgan fingerprint density at radius 1 is 1.25 bits per heavy atom. The van der Waals surface area contributed by atoms with E-state index in [9.17, 15) is 8.42 Å². The fraction of sp³-hybridized carbons (Fsp3) is 0.200. The normalized spacial score (nSPS) is 11.8. The van der Waals surface area contributed by atoms with Gasteiger partial charge in [0.2, 0.25) is 15.9 Å². The number of aryl methyl sites for hydroxylation is 1. The molecule has 9 heteroatoms. The summed E-state index contributed by atoms with van der Waals surface area (Å²) in [5, 5.41) is 8.33. The number of aromatic nitrogens is 3. The Kier molecular flexibility index (Phi) is 4.70. The van der Waals surface area contributed by atoms with E-state index in [1.807, 2.05) is 6.92 Å². The Labute approximate surface area is 144 Å². The van der Waals surface area contributed by atoms with Gasteiger partial charge in [-0.1, -0.05) is 30.7 Å². The molecule has 2 N–H and O–H groups in total. The van der Waals surface area contributed by atoms with Crippen molar-refractivity contribution in [1.82, 2.24) is 19.9 Å². The molecule has 2 heterocycles.